The fourth-order valence-electron chi connectivity index (χ4n) is 0.975. The quantitative estimate of drug-likeness (QED) is 0.685. The number of carboxylic acid groups (broad SMARTS) is 1. The summed E-state index contributed by atoms with van der Waals surface area (Å²) < 4.78 is 4.41. The summed E-state index contributed by atoms with van der Waals surface area (Å²) in [6.45, 7) is 0. The maximum absolute atomic E-state index is 10.4. The molecule has 1 N–H and O–H groups in total. The fourth-order valence-corrected chi connectivity index (χ4v) is 7.71. The van der Waals surface area contributed by atoms with Gasteiger partial charge in [0, 0.05) is 0 Å². The molecule has 1 aliphatic rings. The number of rotatable bonds is 3. The molecular weight excluding hydrogens is 287 g/mol. The van der Waals surface area contributed by atoms with Gasteiger partial charge in [0.1, 0.15) is 0 Å². The Kier molecular flexibility index (Phi) is 2.36. The van der Waals surface area contributed by atoms with E-state index in [-0.39, 0.29) is 6.42 Å². The van der Waals surface area contributed by atoms with Crippen molar-refractivity contribution in [3.8, 4) is 0 Å². The Morgan fingerprint density at radius 1 is 1.67 bits per heavy atom. The molecule has 0 aromatic carbocycles. The van der Waals surface area contributed by atoms with Crippen LogP contribution < -0.4 is 0 Å². The first kappa shape index (κ1) is 8.50. The van der Waals surface area contributed by atoms with E-state index in [1.807, 2.05) is 5.38 Å². The number of carbonyl (C=O) groups is 1. The van der Waals surface area contributed by atoms with Crippen LogP contribution in [0.1, 0.15) is 5.56 Å². The van der Waals surface area contributed by atoms with E-state index < -0.39 is 25.8 Å². The third kappa shape index (κ3) is 1.98. The molecule has 0 spiro atoms. The zero-order valence-electron chi connectivity index (χ0n) is 6.42. The van der Waals surface area contributed by atoms with Gasteiger partial charge in [-0.05, 0) is 0 Å². The molecule has 0 aliphatic carbocycles. The van der Waals surface area contributed by atoms with Gasteiger partial charge in [0.2, 0.25) is 0 Å². The van der Waals surface area contributed by atoms with Crippen LogP contribution in [0.25, 0.3) is 0 Å². The Morgan fingerprint density at radius 3 is 3.00 bits per heavy atom. The predicted octanol–water partition coefficient (Wildman–Crippen LogP) is 2.06. The van der Waals surface area contributed by atoms with Gasteiger partial charge in [-0.1, -0.05) is 0 Å². The second-order valence-corrected chi connectivity index (χ2v) is 10.2. The second kappa shape index (κ2) is 3.33. The molecule has 1 aliphatic heterocycles. The SMILES string of the molecule is O=C(O)Cc1csc(I2CC2)c1. The van der Waals surface area contributed by atoms with Gasteiger partial charge in [-0.25, -0.2) is 0 Å². The molecular formula is C8H9IO2S. The standard InChI is InChI=1S/C8H9IO2S/c10-8(11)4-6-3-7(12-5-6)9-1-2-9/h3,5H,1-2,4H2,(H,10,11). The van der Waals surface area contributed by atoms with Gasteiger partial charge in [-0.3, -0.25) is 0 Å². The molecule has 0 radical (unpaired) electrons. The van der Waals surface area contributed by atoms with Gasteiger partial charge in [-0.15, -0.1) is 0 Å². The van der Waals surface area contributed by atoms with Crippen LogP contribution in [-0.2, 0) is 11.2 Å². The summed E-state index contributed by atoms with van der Waals surface area (Å²) in [5, 5.41) is 10.5. The zero-order valence-corrected chi connectivity index (χ0v) is 9.39. The van der Waals surface area contributed by atoms with E-state index in [1.54, 1.807) is 11.3 Å². The Bertz CT molecular complexity index is 304. The summed E-state index contributed by atoms with van der Waals surface area (Å²) in [6, 6.07) is 2.11. The van der Waals surface area contributed by atoms with Gasteiger partial charge in [0.15, 0.2) is 0 Å². The molecule has 0 amide bonds. The van der Waals surface area contributed by atoms with Gasteiger partial charge in [-0.2, -0.15) is 0 Å². The van der Waals surface area contributed by atoms with E-state index in [9.17, 15) is 4.79 Å². The van der Waals surface area contributed by atoms with Crippen LogP contribution in [0, 0.1) is 2.88 Å². The molecule has 4 heteroatoms. The first-order valence-corrected chi connectivity index (χ1v) is 8.67. The van der Waals surface area contributed by atoms with E-state index in [4.69, 9.17) is 5.11 Å². The molecule has 2 nitrogen and oxygen atoms in total. The predicted molar refractivity (Wildman–Crippen MR) is 58.1 cm³/mol. The molecule has 1 saturated heterocycles. The molecule has 0 atom stereocenters. The summed E-state index contributed by atoms with van der Waals surface area (Å²) in [7, 11) is 0. The molecule has 66 valence electrons. The monoisotopic (exact) mass is 296 g/mol. The van der Waals surface area contributed by atoms with Crippen molar-refractivity contribution in [2.24, 2.45) is 0 Å². The minimum absolute atomic E-state index is 0.195. The number of hydrogen-bond acceptors (Lipinski definition) is 2. The molecule has 0 unspecified atom stereocenters. The molecule has 0 saturated carbocycles. The van der Waals surface area contributed by atoms with E-state index in [0.29, 0.717) is 0 Å². The van der Waals surface area contributed by atoms with Gasteiger partial charge >= 0.3 is 82.2 Å². The summed E-state index contributed by atoms with van der Waals surface area (Å²) in [4.78, 5) is 10.4. The fraction of sp³-hybridized carbons (Fsp3) is 0.375. The Balaban J connectivity index is 2.07. The first-order valence-electron chi connectivity index (χ1n) is 3.66. The van der Waals surface area contributed by atoms with Gasteiger partial charge < -0.3 is 0 Å². The molecule has 0 bridgehead atoms. The Labute approximate surface area is 82.0 Å². The maximum atomic E-state index is 10.4. The van der Waals surface area contributed by atoms with Crippen molar-refractivity contribution in [3.63, 3.8) is 0 Å². The van der Waals surface area contributed by atoms with Crippen molar-refractivity contribution in [1.82, 2.24) is 0 Å². The summed E-state index contributed by atoms with van der Waals surface area (Å²) in [5.74, 6) is -0.723. The summed E-state index contributed by atoms with van der Waals surface area (Å²) in [5.41, 5.74) is 0.992. The van der Waals surface area contributed by atoms with Crippen LogP contribution in [-0.4, -0.2) is 19.9 Å². The first-order chi connectivity index (χ1) is 5.75. The molecule has 1 aromatic rings. The molecule has 2 rings (SSSR count). The number of carboxylic acids is 1. The number of alkyl halides is 2. The van der Waals surface area contributed by atoms with Crippen LogP contribution in [0.5, 0.6) is 0 Å². The van der Waals surface area contributed by atoms with Crippen molar-refractivity contribution in [3.05, 3.63) is 19.9 Å². The van der Waals surface area contributed by atoms with E-state index >= 15 is 0 Å². The molecule has 12 heavy (non-hydrogen) atoms. The average molecular weight is 296 g/mol. The van der Waals surface area contributed by atoms with Crippen molar-refractivity contribution in [2.45, 2.75) is 6.42 Å². The normalized spacial score (nSPS) is 17.8. The van der Waals surface area contributed by atoms with E-state index in [1.165, 1.54) is 11.7 Å². The zero-order chi connectivity index (χ0) is 8.55. The number of hydrogen-bond donors (Lipinski definition) is 1. The number of halogens is 1. The third-order valence-electron chi connectivity index (χ3n) is 1.62. The topological polar surface area (TPSA) is 37.3 Å². The average Bonchev–Trinajstić information content (AvgIpc) is 2.73. The molecule has 2 heterocycles. The van der Waals surface area contributed by atoms with Crippen LogP contribution in [0.4, 0.5) is 0 Å². The van der Waals surface area contributed by atoms with Crippen LogP contribution >= 0.6 is 31.2 Å². The van der Waals surface area contributed by atoms with Crippen LogP contribution in [0.15, 0.2) is 11.4 Å². The molecule has 1 aromatic heterocycles. The minimum atomic E-state index is -0.723. The van der Waals surface area contributed by atoms with Crippen molar-refractivity contribution >= 4 is 37.1 Å². The Morgan fingerprint density at radius 2 is 2.42 bits per heavy atom. The van der Waals surface area contributed by atoms with Gasteiger partial charge in [0.25, 0.3) is 0 Å². The second-order valence-electron chi connectivity index (χ2n) is 2.66. The van der Waals surface area contributed by atoms with Gasteiger partial charge in [0.05, 0.1) is 0 Å². The van der Waals surface area contributed by atoms with Crippen LogP contribution in [0.3, 0.4) is 0 Å². The van der Waals surface area contributed by atoms with E-state index in [0.717, 1.165) is 5.56 Å². The van der Waals surface area contributed by atoms with Crippen molar-refractivity contribution in [1.29, 1.82) is 0 Å². The molecule has 1 fully saturated rings. The van der Waals surface area contributed by atoms with Crippen LogP contribution in [0.2, 0.25) is 0 Å². The summed E-state index contributed by atoms with van der Waals surface area (Å²) >= 11 is 1.13. The van der Waals surface area contributed by atoms with Crippen molar-refractivity contribution < 1.29 is 9.90 Å². The summed E-state index contributed by atoms with van der Waals surface area (Å²) in [6.07, 6.45) is 0.195. The third-order valence-corrected chi connectivity index (χ3v) is 8.58. The number of thiophene rings is 1. The van der Waals surface area contributed by atoms with E-state index in [2.05, 4.69) is 6.07 Å². The number of aliphatic carboxylic acids is 1. The van der Waals surface area contributed by atoms with Crippen molar-refractivity contribution in [2.75, 3.05) is 8.86 Å². The Hall–Kier alpha value is -0.100.